The summed E-state index contributed by atoms with van der Waals surface area (Å²) in [6.45, 7) is 0.0370. The number of nitriles is 1. The second-order valence-electron chi connectivity index (χ2n) is 4.44. The number of ether oxygens (including phenoxy) is 1. The van der Waals surface area contributed by atoms with Crippen LogP contribution in [0.2, 0.25) is 0 Å². The molecule has 21 heavy (non-hydrogen) atoms. The minimum Gasteiger partial charge on any atom is -0.443 e. The predicted molar refractivity (Wildman–Crippen MR) is 74.5 cm³/mol. The molecular weight excluding hydrogens is 270 g/mol. The van der Waals surface area contributed by atoms with Crippen molar-refractivity contribution in [2.45, 2.75) is 6.61 Å². The number of rotatable bonds is 3. The van der Waals surface area contributed by atoms with Crippen LogP contribution in [0.1, 0.15) is 11.3 Å². The van der Waals surface area contributed by atoms with E-state index < -0.39 is 6.09 Å². The molecule has 1 aromatic carbocycles. The third kappa shape index (κ3) is 2.42. The minimum absolute atomic E-state index is 0.0370. The van der Waals surface area contributed by atoms with Crippen LogP contribution in [0.4, 0.5) is 4.79 Å². The van der Waals surface area contributed by atoms with E-state index >= 15 is 0 Å². The molecule has 3 N–H and O–H groups in total. The first-order chi connectivity index (χ1) is 10.2. The Kier molecular flexibility index (Phi) is 3.04. The summed E-state index contributed by atoms with van der Waals surface area (Å²) in [7, 11) is 0. The van der Waals surface area contributed by atoms with Crippen LogP contribution >= 0.6 is 0 Å². The summed E-state index contributed by atoms with van der Waals surface area (Å²) in [5.74, 6) is 0. The second kappa shape index (κ2) is 5.02. The number of nitrogens with two attached hydrogens (primary N) is 1. The van der Waals surface area contributed by atoms with Crippen molar-refractivity contribution in [1.82, 2.24) is 14.5 Å². The number of aromatic nitrogens is 3. The third-order valence-electron chi connectivity index (χ3n) is 3.06. The van der Waals surface area contributed by atoms with Gasteiger partial charge in [0, 0.05) is 23.5 Å². The maximum atomic E-state index is 10.6. The SMILES string of the molecule is N#Cc1cc(-n2ccnc2)cc2cc(COC(N)=O)[nH]c12. The van der Waals surface area contributed by atoms with Crippen molar-refractivity contribution in [3.05, 3.63) is 48.2 Å². The summed E-state index contributed by atoms with van der Waals surface area (Å²) in [4.78, 5) is 17.7. The molecule has 0 aliphatic rings. The van der Waals surface area contributed by atoms with Gasteiger partial charge in [-0.3, -0.25) is 0 Å². The molecule has 0 aliphatic carbocycles. The highest BCUT2D eigenvalue weighted by molar-refractivity contribution is 5.88. The van der Waals surface area contributed by atoms with E-state index in [-0.39, 0.29) is 6.61 Å². The van der Waals surface area contributed by atoms with E-state index in [1.807, 2.05) is 16.7 Å². The van der Waals surface area contributed by atoms with Gasteiger partial charge in [0.2, 0.25) is 0 Å². The first-order valence-corrected chi connectivity index (χ1v) is 6.13. The average molecular weight is 281 g/mol. The zero-order valence-corrected chi connectivity index (χ0v) is 10.9. The van der Waals surface area contributed by atoms with Gasteiger partial charge in [-0.05, 0) is 18.2 Å². The van der Waals surface area contributed by atoms with Gasteiger partial charge < -0.3 is 20.0 Å². The lowest BCUT2D eigenvalue weighted by Gasteiger charge is -2.03. The van der Waals surface area contributed by atoms with Gasteiger partial charge in [-0.25, -0.2) is 9.78 Å². The Bertz CT molecular complexity index is 842. The van der Waals surface area contributed by atoms with Gasteiger partial charge in [0.05, 0.1) is 23.1 Å². The largest absolute Gasteiger partial charge is 0.443 e. The van der Waals surface area contributed by atoms with Crippen LogP contribution in [0, 0.1) is 11.3 Å². The number of amides is 1. The van der Waals surface area contributed by atoms with E-state index in [4.69, 9.17) is 10.5 Å². The number of carbonyl (C=O) groups excluding carboxylic acids is 1. The average Bonchev–Trinajstić information content (AvgIpc) is 3.12. The van der Waals surface area contributed by atoms with Gasteiger partial charge in [0.1, 0.15) is 12.7 Å². The van der Waals surface area contributed by atoms with Crippen LogP contribution in [-0.4, -0.2) is 20.6 Å². The molecule has 1 amide bonds. The maximum Gasteiger partial charge on any atom is 0.404 e. The Morgan fingerprint density at radius 1 is 1.48 bits per heavy atom. The summed E-state index contributed by atoms with van der Waals surface area (Å²) < 4.78 is 6.56. The Labute approximate surface area is 119 Å². The molecule has 0 radical (unpaired) electrons. The molecule has 3 aromatic rings. The van der Waals surface area contributed by atoms with E-state index in [2.05, 4.69) is 16.0 Å². The molecule has 0 aliphatic heterocycles. The minimum atomic E-state index is -0.840. The van der Waals surface area contributed by atoms with Crippen LogP contribution in [0.5, 0.6) is 0 Å². The van der Waals surface area contributed by atoms with Gasteiger partial charge in [-0.2, -0.15) is 5.26 Å². The predicted octanol–water partition coefficient (Wildman–Crippen LogP) is 1.82. The molecule has 0 saturated heterocycles. The fourth-order valence-electron chi connectivity index (χ4n) is 2.16. The van der Waals surface area contributed by atoms with E-state index in [1.165, 1.54) is 0 Å². The topological polar surface area (TPSA) is 110 Å². The van der Waals surface area contributed by atoms with Gasteiger partial charge >= 0.3 is 6.09 Å². The summed E-state index contributed by atoms with van der Waals surface area (Å²) in [5, 5.41) is 10.1. The summed E-state index contributed by atoms with van der Waals surface area (Å²) in [6, 6.07) is 7.65. The fraction of sp³-hybridized carbons (Fsp3) is 0.0714. The summed E-state index contributed by atoms with van der Waals surface area (Å²) in [6.07, 6.45) is 4.28. The molecule has 0 atom stereocenters. The zero-order valence-electron chi connectivity index (χ0n) is 10.9. The highest BCUT2D eigenvalue weighted by Crippen LogP contribution is 2.24. The van der Waals surface area contributed by atoms with E-state index in [9.17, 15) is 10.1 Å². The van der Waals surface area contributed by atoms with Crippen LogP contribution in [0.25, 0.3) is 16.6 Å². The molecule has 0 bridgehead atoms. The molecule has 3 rings (SSSR count). The molecule has 0 fully saturated rings. The van der Waals surface area contributed by atoms with Crippen molar-refractivity contribution in [3.8, 4) is 11.8 Å². The third-order valence-corrected chi connectivity index (χ3v) is 3.06. The van der Waals surface area contributed by atoms with Crippen molar-refractivity contribution >= 4 is 17.0 Å². The number of nitrogens with zero attached hydrogens (tertiary/aromatic N) is 3. The molecule has 2 heterocycles. The highest BCUT2D eigenvalue weighted by atomic mass is 16.5. The molecule has 0 saturated carbocycles. The van der Waals surface area contributed by atoms with Crippen molar-refractivity contribution in [3.63, 3.8) is 0 Å². The molecule has 0 unspecified atom stereocenters. The van der Waals surface area contributed by atoms with Crippen molar-refractivity contribution in [2.75, 3.05) is 0 Å². The summed E-state index contributed by atoms with van der Waals surface area (Å²) in [5.41, 5.74) is 7.64. The number of imidazole rings is 1. The highest BCUT2D eigenvalue weighted by Gasteiger charge is 2.09. The maximum absolute atomic E-state index is 10.6. The first kappa shape index (κ1) is 12.7. The van der Waals surface area contributed by atoms with Crippen LogP contribution in [-0.2, 0) is 11.3 Å². The van der Waals surface area contributed by atoms with Crippen molar-refractivity contribution < 1.29 is 9.53 Å². The van der Waals surface area contributed by atoms with Crippen LogP contribution in [0.3, 0.4) is 0 Å². The first-order valence-electron chi connectivity index (χ1n) is 6.13. The van der Waals surface area contributed by atoms with Crippen molar-refractivity contribution in [2.24, 2.45) is 5.73 Å². The molecule has 7 heteroatoms. The second-order valence-corrected chi connectivity index (χ2v) is 4.44. The van der Waals surface area contributed by atoms with Gasteiger partial charge in [-0.1, -0.05) is 0 Å². The number of benzene rings is 1. The smallest absolute Gasteiger partial charge is 0.404 e. The number of H-pyrrole nitrogens is 1. The number of fused-ring (bicyclic) bond motifs is 1. The van der Waals surface area contributed by atoms with Crippen LogP contribution in [0.15, 0.2) is 36.9 Å². The van der Waals surface area contributed by atoms with E-state index in [0.29, 0.717) is 16.8 Å². The molecular formula is C14H11N5O2. The lowest BCUT2D eigenvalue weighted by atomic mass is 10.1. The lowest BCUT2D eigenvalue weighted by molar-refractivity contribution is 0.149. The van der Waals surface area contributed by atoms with Crippen molar-refractivity contribution in [1.29, 1.82) is 5.26 Å². The van der Waals surface area contributed by atoms with Gasteiger partial charge in [-0.15, -0.1) is 0 Å². The molecule has 0 spiro atoms. The Balaban J connectivity index is 2.07. The van der Waals surface area contributed by atoms with E-state index in [1.54, 1.807) is 24.8 Å². The number of hydrogen-bond acceptors (Lipinski definition) is 4. The Morgan fingerprint density at radius 2 is 2.33 bits per heavy atom. The van der Waals surface area contributed by atoms with Gasteiger partial charge in [0.25, 0.3) is 0 Å². The lowest BCUT2D eigenvalue weighted by Crippen LogP contribution is -2.12. The number of nitrogens with one attached hydrogen (secondary N) is 1. The quantitative estimate of drug-likeness (QED) is 0.762. The standard InChI is InChI=1S/C14H11N5O2/c15-6-10-5-12(19-2-1-17-8-19)4-9-3-11(18-13(9)10)7-21-14(16)20/h1-5,8,18H,7H2,(H2,16,20). The molecule has 7 nitrogen and oxygen atoms in total. The monoisotopic (exact) mass is 281 g/mol. The number of hydrogen-bond donors (Lipinski definition) is 2. The van der Waals surface area contributed by atoms with Crippen LogP contribution < -0.4 is 5.73 Å². The Hall–Kier alpha value is -3.27. The molecule has 2 aromatic heterocycles. The number of aromatic amines is 1. The normalized spacial score (nSPS) is 10.4. The van der Waals surface area contributed by atoms with E-state index in [0.717, 1.165) is 11.1 Å². The number of carbonyl (C=O) groups is 1. The number of primary amides is 1. The summed E-state index contributed by atoms with van der Waals surface area (Å²) >= 11 is 0. The Morgan fingerprint density at radius 3 is 3.00 bits per heavy atom. The van der Waals surface area contributed by atoms with Gasteiger partial charge in [0.15, 0.2) is 0 Å². The fourth-order valence-corrected chi connectivity index (χ4v) is 2.16. The molecule has 104 valence electrons. The zero-order chi connectivity index (χ0) is 14.8.